The summed E-state index contributed by atoms with van der Waals surface area (Å²) in [6.07, 6.45) is 5.28. The SMILES string of the molecule is CCN(CC)CCC(N)C1CC(C)CC(C)C1. The van der Waals surface area contributed by atoms with Gasteiger partial charge >= 0.3 is 0 Å². The minimum absolute atomic E-state index is 0.417. The lowest BCUT2D eigenvalue weighted by Gasteiger charge is -2.35. The van der Waals surface area contributed by atoms with Gasteiger partial charge in [0.25, 0.3) is 0 Å². The van der Waals surface area contributed by atoms with Gasteiger partial charge in [-0.3, -0.25) is 0 Å². The molecule has 3 unspecified atom stereocenters. The Morgan fingerprint density at radius 2 is 1.59 bits per heavy atom. The first-order valence-corrected chi connectivity index (χ1v) is 7.54. The number of nitrogens with zero attached hydrogens (tertiary/aromatic N) is 1. The predicted octanol–water partition coefficient (Wildman–Crippen LogP) is 3.12. The van der Waals surface area contributed by atoms with Crippen LogP contribution in [0.5, 0.6) is 0 Å². The summed E-state index contributed by atoms with van der Waals surface area (Å²) in [6, 6.07) is 0.417. The van der Waals surface area contributed by atoms with Gasteiger partial charge in [0.1, 0.15) is 0 Å². The largest absolute Gasteiger partial charge is 0.327 e. The van der Waals surface area contributed by atoms with Gasteiger partial charge in [0.05, 0.1) is 0 Å². The van der Waals surface area contributed by atoms with E-state index in [1.54, 1.807) is 0 Å². The first kappa shape index (κ1) is 15.0. The standard InChI is InChI=1S/C15H32N2/c1-5-17(6-2)8-7-15(16)14-10-12(3)9-13(4)11-14/h12-15H,5-11,16H2,1-4H3. The zero-order valence-electron chi connectivity index (χ0n) is 12.3. The molecule has 2 N–H and O–H groups in total. The maximum Gasteiger partial charge on any atom is 0.00795 e. The average molecular weight is 240 g/mol. The molecular formula is C15H32N2. The summed E-state index contributed by atoms with van der Waals surface area (Å²) in [6.45, 7) is 12.7. The first-order valence-electron chi connectivity index (χ1n) is 7.54. The molecule has 0 aliphatic heterocycles. The summed E-state index contributed by atoms with van der Waals surface area (Å²) < 4.78 is 0. The van der Waals surface area contributed by atoms with Crippen LogP contribution in [0.25, 0.3) is 0 Å². The van der Waals surface area contributed by atoms with Gasteiger partial charge in [0, 0.05) is 6.04 Å². The summed E-state index contributed by atoms with van der Waals surface area (Å²) in [7, 11) is 0. The Bertz CT molecular complexity index is 191. The van der Waals surface area contributed by atoms with Crippen molar-refractivity contribution in [3.8, 4) is 0 Å². The molecule has 3 atom stereocenters. The summed E-state index contributed by atoms with van der Waals surface area (Å²) in [4.78, 5) is 2.48. The van der Waals surface area contributed by atoms with Crippen LogP contribution in [0.1, 0.15) is 53.4 Å². The third-order valence-electron chi connectivity index (χ3n) is 4.49. The summed E-state index contributed by atoms with van der Waals surface area (Å²) in [5, 5.41) is 0. The molecule has 0 amide bonds. The van der Waals surface area contributed by atoms with E-state index in [9.17, 15) is 0 Å². The van der Waals surface area contributed by atoms with E-state index in [4.69, 9.17) is 5.73 Å². The highest BCUT2D eigenvalue weighted by Crippen LogP contribution is 2.34. The quantitative estimate of drug-likeness (QED) is 0.773. The molecule has 0 aromatic carbocycles. The van der Waals surface area contributed by atoms with Crippen LogP contribution in [0.2, 0.25) is 0 Å². The summed E-state index contributed by atoms with van der Waals surface area (Å²) in [5.41, 5.74) is 6.40. The van der Waals surface area contributed by atoms with Gasteiger partial charge < -0.3 is 10.6 Å². The second-order valence-electron chi connectivity index (χ2n) is 6.16. The minimum atomic E-state index is 0.417. The van der Waals surface area contributed by atoms with E-state index in [0.29, 0.717) is 6.04 Å². The average Bonchev–Trinajstić information content (AvgIpc) is 2.28. The number of rotatable bonds is 6. The van der Waals surface area contributed by atoms with Crippen LogP contribution in [0.4, 0.5) is 0 Å². The highest BCUT2D eigenvalue weighted by atomic mass is 15.1. The topological polar surface area (TPSA) is 29.3 Å². The molecule has 0 aromatic heterocycles. The van der Waals surface area contributed by atoms with Crippen LogP contribution in [0.15, 0.2) is 0 Å². The van der Waals surface area contributed by atoms with E-state index in [1.807, 2.05) is 0 Å². The van der Waals surface area contributed by atoms with E-state index in [-0.39, 0.29) is 0 Å². The monoisotopic (exact) mass is 240 g/mol. The van der Waals surface area contributed by atoms with Crippen molar-refractivity contribution in [1.29, 1.82) is 0 Å². The zero-order valence-corrected chi connectivity index (χ0v) is 12.3. The van der Waals surface area contributed by atoms with Crippen LogP contribution >= 0.6 is 0 Å². The molecule has 2 nitrogen and oxygen atoms in total. The molecule has 1 rings (SSSR count). The van der Waals surface area contributed by atoms with Crippen LogP contribution in [0.3, 0.4) is 0 Å². The van der Waals surface area contributed by atoms with Crippen molar-refractivity contribution >= 4 is 0 Å². The second-order valence-corrected chi connectivity index (χ2v) is 6.16. The van der Waals surface area contributed by atoms with Crippen LogP contribution in [0, 0.1) is 17.8 Å². The third-order valence-corrected chi connectivity index (χ3v) is 4.49. The van der Waals surface area contributed by atoms with Crippen molar-refractivity contribution in [3.05, 3.63) is 0 Å². The van der Waals surface area contributed by atoms with E-state index in [0.717, 1.165) is 30.8 Å². The van der Waals surface area contributed by atoms with Gasteiger partial charge in [0.15, 0.2) is 0 Å². The number of hydrogen-bond donors (Lipinski definition) is 1. The maximum absolute atomic E-state index is 6.40. The van der Waals surface area contributed by atoms with E-state index >= 15 is 0 Å². The molecule has 0 spiro atoms. The Kier molecular flexibility index (Phi) is 6.50. The van der Waals surface area contributed by atoms with Crippen molar-refractivity contribution in [2.24, 2.45) is 23.5 Å². The second kappa shape index (κ2) is 7.38. The third kappa shape index (κ3) is 4.97. The molecule has 2 heteroatoms. The Morgan fingerprint density at radius 1 is 1.06 bits per heavy atom. The molecule has 1 fully saturated rings. The minimum Gasteiger partial charge on any atom is -0.327 e. The van der Waals surface area contributed by atoms with Crippen molar-refractivity contribution in [3.63, 3.8) is 0 Å². The van der Waals surface area contributed by atoms with Gasteiger partial charge in [-0.05, 0) is 63.1 Å². The van der Waals surface area contributed by atoms with Gasteiger partial charge in [0.2, 0.25) is 0 Å². The molecule has 102 valence electrons. The van der Waals surface area contributed by atoms with Gasteiger partial charge in [-0.25, -0.2) is 0 Å². The lowest BCUT2D eigenvalue weighted by molar-refractivity contribution is 0.178. The Hall–Kier alpha value is -0.0800. The van der Waals surface area contributed by atoms with Gasteiger partial charge in [-0.1, -0.05) is 27.7 Å². The lowest BCUT2D eigenvalue weighted by Crippen LogP contribution is -2.38. The molecular weight excluding hydrogens is 208 g/mol. The Balaban J connectivity index is 2.33. The van der Waals surface area contributed by atoms with Crippen molar-refractivity contribution in [1.82, 2.24) is 4.90 Å². The fourth-order valence-electron chi connectivity index (χ4n) is 3.47. The number of nitrogens with two attached hydrogens (primary N) is 1. The van der Waals surface area contributed by atoms with Crippen molar-refractivity contribution in [2.45, 2.75) is 59.4 Å². The zero-order chi connectivity index (χ0) is 12.8. The van der Waals surface area contributed by atoms with E-state index in [2.05, 4.69) is 32.6 Å². The van der Waals surface area contributed by atoms with E-state index < -0.39 is 0 Å². The molecule has 17 heavy (non-hydrogen) atoms. The molecule has 0 heterocycles. The fraction of sp³-hybridized carbons (Fsp3) is 1.00. The Morgan fingerprint density at radius 3 is 2.06 bits per heavy atom. The van der Waals surface area contributed by atoms with Crippen LogP contribution < -0.4 is 5.73 Å². The van der Waals surface area contributed by atoms with Gasteiger partial charge in [-0.15, -0.1) is 0 Å². The molecule has 0 radical (unpaired) electrons. The summed E-state index contributed by atoms with van der Waals surface area (Å²) >= 11 is 0. The molecule has 1 saturated carbocycles. The molecule has 0 aromatic rings. The van der Waals surface area contributed by atoms with Crippen LogP contribution in [-0.4, -0.2) is 30.6 Å². The normalized spacial score (nSPS) is 31.8. The van der Waals surface area contributed by atoms with Crippen molar-refractivity contribution < 1.29 is 0 Å². The molecule has 0 bridgehead atoms. The predicted molar refractivity (Wildman–Crippen MR) is 76.0 cm³/mol. The highest BCUT2D eigenvalue weighted by molar-refractivity contribution is 4.82. The molecule has 0 saturated heterocycles. The van der Waals surface area contributed by atoms with Crippen LogP contribution in [-0.2, 0) is 0 Å². The van der Waals surface area contributed by atoms with E-state index in [1.165, 1.54) is 32.2 Å². The Labute approximate surface area is 108 Å². The maximum atomic E-state index is 6.40. The fourth-order valence-corrected chi connectivity index (χ4v) is 3.47. The molecule has 1 aliphatic rings. The van der Waals surface area contributed by atoms with Crippen molar-refractivity contribution in [2.75, 3.05) is 19.6 Å². The lowest BCUT2D eigenvalue weighted by atomic mass is 9.73. The highest BCUT2D eigenvalue weighted by Gasteiger charge is 2.27. The first-order chi connectivity index (χ1) is 8.06. The smallest absolute Gasteiger partial charge is 0.00795 e. The number of hydrogen-bond acceptors (Lipinski definition) is 2. The summed E-state index contributed by atoms with van der Waals surface area (Å²) in [5.74, 6) is 2.52. The van der Waals surface area contributed by atoms with Gasteiger partial charge in [-0.2, -0.15) is 0 Å². The molecule has 1 aliphatic carbocycles.